The van der Waals surface area contributed by atoms with Gasteiger partial charge in [-0.15, -0.1) is 0 Å². The average Bonchev–Trinajstić information content (AvgIpc) is 3.17. The number of nitro benzene ring substituents is 1. The molecule has 0 bridgehead atoms. The molecule has 1 atom stereocenters. The molecular formula is C23H25N5O4. The minimum Gasteiger partial charge on any atom is -0.369 e. The van der Waals surface area contributed by atoms with Crippen molar-refractivity contribution < 1.29 is 14.5 Å². The fraction of sp³-hybridized carbons (Fsp3) is 0.304. The summed E-state index contributed by atoms with van der Waals surface area (Å²) in [4.78, 5) is 36.7. The second-order valence-electron chi connectivity index (χ2n) is 8.17. The first-order chi connectivity index (χ1) is 15.4. The van der Waals surface area contributed by atoms with Gasteiger partial charge in [-0.05, 0) is 49.2 Å². The lowest BCUT2D eigenvalue weighted by Gasteiger charge is -2.31. The molecule has 3 N–H and O–H groups in total. The predicted molar refractivity (Wildman–Crippen MR) is 121 cm³/mol. The minimum atomic E-state index is -0.436. The summed E-state index contributed by atoms with van der Waals surface area (Å²) < 4.78 is 1.76. The molecule has 0 saturated carbocycles. The van der Waals surface area contributed by atoms with Crippen LogP contribution in [0.4, 0.5) is 11.4 Å². The van der Waals surface area contributed by atoms with E-state index >= 15 is 0 Å². The zero-order chi connectivity index (χ0) is 22.7. The average molecular weight is 435 g/mol. The van der Waals surface area contributed by atoms with Gasteiger partial charge in [0.15, 0.2) is 0 Å². The highest BCUT2D eigenvalue weighted by Crippen LogP contribution is 2.22. The van der Waals surface area contributed by atoms with E-state index in [4.69, 9.17) is 5.73 Å². The topological polar surface area (TPSA) is 124 Å². The number of hydrogen-bond acceptors (Lipinski definition) is 5. The van der Waals surface area contributed by atoms with Gasteiger partial charge in [0.1, 0.15) is 6.54 Å². The lowest BCUT2D eigenvalue weighted by molar-refractivity contribution is -0.384. The Labute approximate surface area is 184 Å². The van der Waals surface area contributed by atoms with Gasteiger partial charge in [0.25, 0.3) is 5.69 Å². The monoisotopic (exact) mass is 435 g/mol. The van der Waals surface area contributed by atoms with E-state index in [0.717, 1.165) is 37.0 Å². The summed E-state index contributed by atoms with van der Waals surface area (Å²) in [6, 6.07) is 14.0. The third kappa shape index (κ3) is 4.94. The van der Waals surface area contributed by atoms with Gasteiger partial charge in [0.05, 0.1) is 10.8 Å². The number of fused-ring (bicyclic) bond motifs is 1. The van der Waals surface area contributed by atoms with Gasteiger partial charge in [-0.1, -0.05) is 12.1 Å². The van der Waals surface area contributed by atoms with Crippen molar-refractivity contribution in [3.63, 3.8) is 0 Å². The summed E-state index contributed by atoms with van der Waals surface area (Å²) in [6.45, 7) is 2.46. The number of hydrogen-bond donors (Lipinski definition) is 2. The number of carbonyl (C=O) groups is 2. The standard InChI is InChI=1S/C23H25N5O4/c24-23(30)18-2-1-10-26(14-18)13-16-3-5-19(6-4-16)25-22(29)15-27-11-9-17-12-20(28(31)32)7-8-21(17)27/h3-9,11-12,18H,1-2,10,13-15H2,(H2,24,30)(H,25,29). The van der Waals surface area contributed by atoms with Crippen molar-refractivity contribution in [2.24, 2.45) is 11.7 Å². The van der Waals surface area contributed by atoms with Crippen LogP contribution in [0.15, 0.2) is 54.7 Å². The van der Waals surface area contributed by atoms with E-state index in [-0.39, 0.29) is 30.0 Å². The van der Waals surface area contributed by atoms with Crippen LogP contribution in [-0.2, 0) is 22.7 Å². The van der Waals surface area contributed by atoms with Crippen LogP contribution >= 0.6 is 0 Å². The number of likely N-dealkylation sites (tertiary alicyclic amines) is 1. The molecule has 3 aromatic rings. The van der Waals surface area contributed by atoms with Crippen LogP contribution in [0.5, 0.6) is 0 Å². The van der Waals surface area contributed by atoms with Gasteiger partial charge >= 0.3 is 0 Å². The Bertz CT molecular complexity index is 1150. The van der Waals surface area contributed by atoms with Gasteiger partial charge in [-0.3, -0.25) is 24.6 Å². The van der Waals surface area contributed by atoms with Crippen molar-refractivity contribution in [3.8, 4) is 0 Å². The van der Waals surface area contributed by atoms with Crippen molar-refractivity contribution in [1.29, 1.82) is 0 Å². The Kier molecular flexibility index (Phi) is 6.18. The Balaban J connectivity index is 1.34. The van der Waals surface area contributed by atoms with E-state index in [9.17, 15) is 19.7 Å². The number of nitrogens with two attached hydrogens (primary N) is 1. The van der Waals surface area contributed by atoms with Gasteiger partial charge in [0, 0.05) is 48.0 Å². The normalized spacial score (nSPS) is 16.7. The quantitative estimate of drug-likeness (QED) is 0.436. The highest BCUT2D eigenvalue weighted by molar-refractivity contribution is 5.92. The molecule has 2 amide bonds. The molecule has 32 heavy (non-hydrogen) atoms. The van der Waals surface area contributed by atoms with Crippen LogP contribution in [0.1, 0.15) is 18.4 Å². The zero-order valence-electron chi connectivity index (χ0n) is 17.6. The van der Waals surface area contributed by atoms with Crippen molar-refractivity contribution in [2.75, 3.05) is 18.4 Å². The molecule has 1 saturated heterocycles. The van der Waals surface area contributed by atoms with E-state index in [1.807, 2.05) is 24.3 Å². The summed E-state index contributed by atoms with van der Waals surface area (Å²) >= 11 is 0. The SMILES string of the molecule is NC(=O)C1CCCN(Cc2ccc(NC(=O)Cn3ccc4cc([N+](=O)[O-])ccc43)cc2)C1. The number of nitro groups is 1. The minimum absolute atomic E-state index is 0.0227. The molecule has 4 rings (SSSR count). The summed E-state index contributed by atoms with van der Waals surface area (Å²) in [5, 5.41) is 14.5. The van der Waals surface area contributed by atoms with Crippen molar-refractivity contribution in [1.82, 2.24) is 9.47 Å². The number of nitrogens with zero attached hydrogens (tertiary/aromatic N) is 3. The van der Waals surface area contributed by atoms with Gasteiger partial charge in [-0.2, -0.15) is 0 Å². The first-order valence-corrected chi connectivity index (χ1v) is 10.5. The van der Waals surface area contributed by atoms with Crippen LogP contribution in [-0.4, -0.2) is 39.3 Å². The van der Waals surface area contributed by atoms with Crippen LogP contribution in [0.25, 0.3) is 10.9 Å². The summed E-state index contributed by atoms with van der Waals surface area (Å²) in [5.74, 6) is -0.506. The van der Waals surface area contributed by atoms with Crippen molar-refractivity contribution in [3.05, 3.63) is 70.4 Å². The number of primary amides is 1. The van der Waals surface area contributed by atoms with E-state index in [1.165, 1.54) is 12.1 Å². The van der Waals surface area contributed by atoms with Gasteiger partial charge in [-0.25, -0.2) is 0 Å². The highest BCUT2D eigenvalue weighted by Gasteiger charge is 2.23. The number of piperidine rings is 1. The molecule has 9 nitrogen and oxygen atoms in total. The van der Waals surface area contributed by atoms with Crippen molar-refractivity contribution in [2.45, 2.75) is 25.9 Å². The van der Waals surface area contributed by atoms with E-state index in [2.05, 4.69) is 10.2 Å². The van der Waals surface area contributed by atoms with E-state index in [1.54, 1.807) is 22.9 Å². The number of non-ortho nitro benzene ring substituents is 1. The Morgan fingerprint density at radius 2 is 1.94 bits per heavy atom. The number of rotatable bonds is 7. The summed E-state index contributed by atoms with van der Waals surface area (Å²) in [5.41, 5.74) is 8.03. The molecule has 1 aliphatic rings. The molecular weight excluding hydrogens is 410 g/mol. The fourth-order valence-corrected chi connectivity index (χ4v) is 4.18. The van der Waals surface area contributed by atoms with Crippen LogP contribution in [0.2, 0.25) is 0 Å². The zero-order valence-corrected chi connectivity index (χ0v) is 17.6. The van der Waals surface area contributed by atoms with Crippen LogP contribution in [0.3, 0.4) is 0 Å². The maximum absolute atomic E-state index is 12.5. The Morgan fingerprint density at radius 3 is 2.66 bits per heavy atom. The van der Waals surface area contributed by atoms with Gasteiger partial charge < -0.3 is 15.6 Å². The number of anilines is 1. The van der Waals surface area contributed by atoms with Gasteiger partial charge in [0.2, 0.25) is 11.8 Å². The molecule has 0 radical (unpaired) electrons. The lowest BCUT2D eigenvalue weighted by Crippen LogP contribution is -2.40. The maximum atomic E-state index is 12.5. The number of aromatic nitrogens is 1. The number of benzene rings is 2. The molecule has 0 spiro atoms. The first-order valence-electron chi connectivity index (χ1n) is 10.5. The molecule has 1 unspecified atom stereocenters. The number of nitrogens with one attached hydrogen (secondary N) is 1. The summed E-state index contributed by atoms with van der Waals surface area (Å²) in [6.07, 6.45) is 3.56. The highest BCUT2D eigenvalue weighted by atomic mass is 16.6. The van der Waals surface area contributed by atoms with Crippen molar-refractivity contribution >= 4 is 34.1 Å². The van der Waals surface area contributed by atoms with Crippen LogP contribution in [0, 0.1) is 16.0 Å². The molecule has 0 aliphatic carbocycles. The number of amides is 2. The Morgan fingerprint density at radius 1 is 1.16 bits per heavy atom. The predicted octanol–water partition coefficient (Wildman–Crippen LogP) is 2.89. The maximum Gasteiger partial charge on any atom is 0.270 e. The molecule has 9 heteroatoms. The fourth-order valence-electron chi connectivity index (χ4n) is 4.18. The third-order valence-corrected chi connectivity index (χ3v) is 5.83. The van der Waals surface area contributed by atoms with Crippen LogP contribution < -0.4 is 11.1 Å². The summed E-state index contributed by atoms with van der Waals surface area (Å²) in [7, 11) is 0. The first kappa shape index (κ1) is 21.5. The second-order valence-corrected chi connectivity index (χ2v) is 8.17. The molecule has 2 heterocycles. The second kappa shape index (κ2) is 9.19. The third-order valence-electron chi connectivity index (χ3n) is 5.83. The smallest absolute Gasteiger partial charge is 0.270 e. The lowest BCUT2D eigenvalue weighted by atomic mass is 9.97. The molecule has 1 aliphatic heterocycles. The van der Waals surface area contributed by atoms with E-state index in [0.29, 0.717) is 17.6 Å². The largest absolute Gasteiger partial charge is 0.369 e. The number of carbonyl (C=O) groups excluding carboxylic acids is 2. The molecule has 1 fully saturated rings. The molecule has 1 aromatic heterocycles. The molecule has 2 aromatic carbocycles. The van der Waals surface area contributed by atoms with E-state index < -0.39 is 4.92 Å². The molecule has 166 valence electrons. The Hall–Kier alpha value is -3.72.